The third-order valence-electron chi connectivity index (χ3n) is 7.95. The quantitative estimate of drug-likeness (QED) is 0.216. The van der Waals surface area contributed by atoms with Gasteiger partial charge in [-0.05, 0) is 63.9 Å². The van der Waals surface area contributed by atoms with Crippen LogP contribution in [-0.2, 0) is 9.53 Å². The molecule has 5 aromatic rings. The Morgan fingerprint density at radius 2 is 1.90 bits per heavy atom. The lowest BCUT2D eigenvalue weighted by Crippen LogP contribution is -2.27. The van der Waals surface area contributed by atoms with Gasteiger partial charge < -0.3 is 10.1 Å². The van der Waals surface area contributed by atoms with E-state index in [4.69, 9.17) is 16.3 Å². The zero-order valence-electron chi connectivity index (χ0n) is 27.0. The number of benzene rings is 1. The molecule has 2 bridgehead atoms. The van der Waals surface area contributed by atoms with Crippen LogP contribution in [0, 0.1) is 5.92 Å². The molecule has 254 valence electrons. The molecule has 1 N–H and O–H groups in total. The van der Waals surface area contributed by atoms with E-state index in [0.29, 0.717) is 51.5 Å². The molecule has 1 aromatic carbocycles. The van der Waals surface area contributed by atoms with Crippen LogP contribution >= 0.6 is 11.6 Å². The third-order valence-corrected chi connectivity index (χ3v) is 8.19. The van der Waals surface area contributed by atoms with E-state index in [1.165, 1.54) is 40.2 Å². The third kappa shape index (κ3) is 7.11. The van der Waals surface area contributed by atoms with Gasteiger partial charge >= 0.3 is 12.5 Å². The van der Waals surface area contributed by atoms with Gasteiger partial charge in [0, 0.05) is 34.3 Å². The molecule has 1 aliphatic rings. The van der Waals surface area contributed by atoms with Crippen molar-refractivity contribution in [1.82, 2.24) is 39.3 Å². The van der Waals surface area contributed by atoms with E-state index >= 15 is 0 Å². The van der Waals surface area contributed by atoms with Gasteiger partial charge in [-0.2, -0.15) is 13.9 Å². The van der Waals surface area contributed by atoms with Crippen LogP contribution < -0.4 is 10.9 Å². The van der Waals surface area contributed by atoms with Gasteiger partial charge in [0.25, 0.3) is 5.56 Å². The van der Waals surface area contributed by atoms with Crippen molar-refractivity contribution in [1.29, 1.82) is 0 Å². The molecule has 0 radical (unpaired) electrons. The van der Waals surface area contributed by atoms with Crippen molar-refractivity contribution in [2.45, 2.75) is 65.1 Å². The highest BCUT2D eigenvalue weighted by molar-refractivity contribution is 6.31. The van der Waals surface area contributed by atoms with Crippen LogP contribution in [0.5, 0.6) is 0 Å². The van der Waals surface area contributed by atoms with Crippen LogP contribution in [0.25, 0.3) is 28.2 Å². The highest BCUT2D eigenvalue weighted by atomic mass is 35.5. The number of halogens is 3. The standard InChI is InChI=1S/C33H32ClF2N9O4/c1-18-6-5-7-27(23-12-19(10-11-37-23)29-24(40-30(18)47)15-39-45(29)32(35)36)43-17-38-22(14-28(43)46)21-13-20(34)8-9-26(21)44-16-25(41-42-44)31(48)49-33(2,3)4/h8-18,27,32H,5-7H2,1-4H3,(H,40,47)/t18-,27+/m1/s1. The van der Waals surface area contributed by atoms with E-state index in [1.54, 1.807) is 58.0 Å². The molecular weight excluding hydrogens is 660 g/mol. The summed E-state index contributed by atoms with van der Waals surface area (Å²) in [6, 6.07) is 8.79. The average molecular weight is 692 g/mol. The fourth-order valence-electron chi connectivity index (χ4n) is 5.61. The molecule has 0 spiro atoms. The Labute approximate surface area is 283 Å². The van der Waals surface area contributed by atoms with Crippen molar-refractivity contribution in [3.8, 4) is 28.2 Å². The first-order valence-corrected chi connectivity index (χ1v) is 15.8. The lowest BCUT2D eigenvalue weighted by molar-refractivity contribution is -0.119. The van der Waals surface area contributed by atoms with E-state index < -0.39 is 35.6 Å². The number of nitrogens with zero attached hydrogens (tertiary/aromatic N) is 8. The number of hydrogen-bond donors (Lipinski definition) is 1. The molecule has 2 atom stereocenters. The van der Waals surface area contributed by atoms with Gasteiger partial charge in [-0.3, -0.25) is 19.1 Å². The zero-order valence-corrected chi connectivity index (χ0v) is 27.7. The highest BCUT2D eigenvalue weighted by Crippen LogP contribution is 2.35. The largest absolute Gasteiger partial charge is 0.455 e. The van der Waals surface area contributed by atoms with Crippen LogP contribution in [0.2, 0.25) is 5.02 Å². The smallest absolute Gasteiger partial charge is 0.361 e. The van der Waals surface area contributed by atoms with Gasteiger partial charge in [0.05, 0.1) is 53.2 Å². The monoisotopic (exact) mass is 691 g/mol. The van der Waals surface area contributed by atoms with Crippen molar-refractivity contribution in [2.75, 3.05) is 5.32 Å². The van der Waals surface area contributed by atoms with Gasteiger partial charge in [0.1, 0.15) is 5.60 Å². The molecule has 16 heteroatoms. The lowest BCUT2D eigenvalue weighted by Gasteiger charge is -2.22. The fourth-order valence-corrected chi connectivity index (χ4v) is 5.78. The molecular formula is C33H32ClF2N9O4. The maximum absolute atomic E-state index is 14.0. The van der Waals surface area contributed by atoms with E-state index in [0.717, 1.165) is 0 Å². The maximum Gasteiger partial charge on any atom is 0.361 e. The minimum Gasteiger partial charge on any atom is -0.455 e. The van der Waals surface area contributed by atoms with Crippen molar-refractivity contribution in [2.24, 2.45) is 5.92 Å². The Kier molecular flexibility index (Phi) is 9.12. The summed E-state index contributed by atoms with van der Waals surface area (Å²) in [5.41, 5.74) is 0.989. The summed E-state index contributed by atoms with van der Waals surface area (Å²) in [5, 5.41) is 15.0. The van der Waals surface area contributed by atoms with E-state index in [-0.39, 0.29) is 28.7 Å². The number of aromatic nitrogens is 8. The molecule has 6 rings (SSSR count). The minimum absolute atomic E-state index is 0.00745. The normalized spacial score (nSPS) is 16.8. The number of nitrogens with one attached hydrogen (secondary N) is 1. The summed E-state index contributed by atoms with van der Waals surface area (Å²) in [7, 11) is 0. The molecule has 49 heavy (non-hydrogen) atoms. The van der Waals surface area contributed by atoms with Crippen molar-refractivity contribution < 1.29 is 23.1 Å². The Bertz CT molecular complexity index is 2100. The molecule has 0 fully saturated rings. The van der Waals surface area contributed by atoms with Gasteiger partial charge in [-0.1, -0.05) is 30.2 Å². The highest BCUT2D eigenvalue weighted by Gasteiger charge is 2.27. The summed E-state index contributed by atoms with van der Waals surface area (Å²) in [4.78, 5) is 48.5. The van der Waals surface area contributed by atoms with Gasteiger partial charge in [0.2, 0.25) is 5.91 Å². The van der Waals surface area contributed by atoms with Gasteiger partial charge in [-0.25, -0.2) is 19.1 Å². The van der Waals surface area contributed by atoms with Crippen LogP contribution in [-0.4, -0.2) is 56.8 Å². The average Bonchev–Trinajstić information content (AvgIpc) is 3.70. The van der Waals surface area contributed by atoms with Crippen LogP contribution in [0.15, 0.2) is 66.1 Å². The number of carbonyl (C=O) groups excluding carboxylic acids is 2. The maximum atomic E-state index is 14.0. The van der Waals surface area contributed by atoms with Gasteiger partial charge in [-0.15, -0.1) is 5.10 Å². The summed E-state index contributed by atoms with van der Waals surface area (Å²) in [6.45, 7) is 4.02. The number of pyridine rings is 1. The number of alkyl halides is 2. The number of amides is 1. The molecule has 4 aromatic heterocycles. The number of esters is 1. The number of anilines is 1. The zero-order chi connectivity index (χ0) is 35.0. The second-order valence-electron chi connectivity index (χ2n) is 12.7. The van der Waals surface area contributed by atoms with E-state index in [9.17, 15) is 23.2 Å². The van der Waals surface area contributed by atoms with Crippen LogP contribution in [0.3, 0.4) is 0 Å². The molecule has 1 amide bonds. The predicted molar refractivity (Wildman–Crippen MR) is 176 cm³/mol. The minimum atomic E-state index is -2.96. The number of fused-ring (bicyclic) bond motifs is 4. The second-order valence-corrected chi connectivity index (χ2v) is 13.1. The summed E-state index contributed by atoms with van der Waals surface area (Å²) in [6.07, 6.45) is 6.90. The summed E-state index contributed by atoms with van der Waals surface area (Å²) >= 11 is 6.36. The first-order chi connectivity index (χ1) is 23.3. The molecule has 1 aliphatic heterocycles. The van der Waals surface area contributed by atoms with Crippen LogP contribution in [0.1, 0.15) is 75.7 Å². The van der Waals surface area contributed by atoms with Crippen molar-refractivity contribution in [3.63, 3.8) is 0 Å². The van der Waals surface area contributed by atoms with E-state index in [2.05, 4.69) is 30.7 Å². The summed E-state index contributed by atoms with van der Waals surface area (Å²) < 4.78 is 36.7. The van der Waals surface area contributed by atoms with Crippen molar-refractivity contribution >= 4 is 29.2 Å². The van der Waals surface area contributed by atoms with Crippen LogP contribution in [0.4, 0.5) is 14.5 Å². The predicted octanol–water partition coefficient (Wildman–Crippen LogP) is 6.10. The first-order valence-electron chi connectivity index (χ1n) is 15.5. The number of ether oxygens (including phenoxy) is 1. The molecule has 13 nitrogen and oxygen atoms in total. The summed E-state index contributed by atoms with van der Waals surface area (Å²) in [5.74, 6) is -1.41. The molecule has 5 heterocycles. The van der Waals surface area contributed by atoms with E-state index in [1.807, 2.05) is 0 Å². The number of rotatable bonds is 5. The SMILES string of the molecule is C[C@@H]1CCC[C@H](n2cnc(-c3cc(Cl)ccc3-n3cc(C(=O)OC(C)(C)C)nn3)cc2=O)c2cc(ccn2)-c2c(cnn2C(F)F)NC1=O. The number of hydrogen-bond acceptors (Lipinski definition) is 9. The lowest BCUT2D eigenvalue weighted by atomic mass is 9.97. The molecule has 0 saturated carbocycles. The molecule has 0 saturated heterocycles. The Morgan fingerprint density at radius 1 is 1.10 bits per heavy atom. The Morgan fingerprint density at radius 3 is 2.63 bits per heavy atom. The second kappa shape index (κ2) is 13.3. The Balaban J connectivity index is 1.40. The van der Waals surface area contributed by atoms with Gasteiger partial charge in [0.15, 0.2) is 5.69 Å². The fraction of sp³-hybridized carbons (Fsp3) is 0.333. The first kappa shape index (κ1) is 33.6. The molecule has 0 aliphatic carbocycles. The van der Waals surface area contributed by atoms with Crippen molar-refractivity contribution in [3.05, 3.63) is 88.1 Å². The topological polar surface area (TPSA) is 152 Å². The molecule has 0 unspecified atom stereocenters. The Hall–Kier alpha value is -5.31. The number of carbonyl (C=O) groups is 2.